The number of benzene rings is 3. The molecule has 230 valence electrons. The quantitative estimate of drug-likeness (QED) is 0.111. The number of H-pyrrole nitrogens is 1. The van der Waals surface area contributed by atoms with E-state index in [2.05, 4.69) is 68.5 Å². The molecule has 4 aromatic rings. The third-order valence-corrected chi connectivity index (χ3v) is 13.1. The van der Waals surface area contributed by atoms with E-state index < -0.39 is 8.32 Å². The SMILES string of the molecule is C[C@H](Cc1ccc2[nH]c(C(=O)N[C@H](C)c3ccccc3)cc2c1)NC[C@H](O[Si](C)(C)C(C)(C)C)c1ccc(O)c(CO)c1. The van der Waals surface area contributed by atoms with E-state index in [0.717, 1.165) is 28.5 Å². The van der Waals surface area contributed by atoms with Gasteiger partial charge in [-0.05, 0) is 85.4 Å². The summed E-state index contributed by atoms with van der Waals surface area (Å²) < 4.78 is 6.84. The number of carbonyl (C=O) groups is 1. The zero-order valence-electron chi connectivity index (χ0n) is 26.5. The van der Waals surface area contributed by atoms with E-state index in [1.165, 1.54) is 5.56 Å². The number of nitrogens with one attached hydrogen (secondary N) is 3. The van der Waals surface area contributed by atoms with Crippen LogP contribution in [0.25, 0.3) is 10.9 Å². The fourth-order valence-corrected chi connectivity index (χ4v) is 6.24. The molecule has 0 aliphatic carbocycles. The lowest BCUT2D eigenvalue weighted by molar-refractivity contribution is 0.0935. The molecular weight excluding hydrogens is 554 g/mol. The Balaban J connectivity index is 1.43. The number of aliphatic hydroxyl groups is 1. The average molecular weight is 602 g/mol. The van der Waals surface area contributed by atoms with Crippen LogP contribution >= 0.6 is 0 Å². The third kappa shape index (κ3) is 8.15. The number of phenols is 1. The van der Waals surface area contributed by atoms with Gasteiger partial charge in [-0.3, -0.25) is 4.79 Å². The van der Waals surface area contributed by atoms with Crippen molar-refractivity contribution in [3.05, 3.63) is 101 Å². The van der Waals surface area contributed by atoms with E-state index in [4.69, 9.17) is 4.43 Å². The number of aromatic amines is 1. The molecule has 1 heterocycles. The van der Waals surface area contributed by atoms with E-state index in [1.807, 2.05) is 61.5 Å². The van der Waals surface area contributed by atoms with E-state index in [-0.39, 0.29) is 41.5 Å². The van der Waals surface area contributed by atoms with E-state index in [0.29, 0.717) is 17.8 Å². The van der Waals surface area contributed by atoms with Gasteiger partial charge in [0.15, 0.2) is 8.32 Å². The van der Waals surface area contributed by atoms with Crippen LogP contribution in [0, 0.1) is 0 Å². The summed E-state index contributed by atoms with van der Waals surface area (Å²) in [5, 5.41) is 27.6. The predicted molar refractivity (Wildman–Crippen MR) is 177 cm³/mol. The first-order chi connectivity index (χ1) is 20.3. The monoisotopic (exact) mass is 601 g/mol. The highest BCUT2D eigenvalue weighted by molar-refractivity contribution is 6.74. The van der Waals surface area contributed by atoms with Gasteiger partial charge in [0.05, 0.1) is 18.8 Å². The second kappa shape index (κ2) is 13.5. The van der Waals surface area contributed by atoms with Crippen LogP contribution in [0.3, 0.4) is 0 Å². The van der Waals surface area contributed by atoms with Gasteiger partial charge in [-0.1, -0.05) is 63.2 Å². The standard InChI is InChI=1S/C35H47N3O4Si/c1-23(36-21-33(42-43(6,7)35(3,4)5)27-14-16-32(40)29(19-27)22-39)17-25-13-15-30-28(18-25)20-31(38-30)34(41)37-24(2)26-11-9-8-10-12-26/h8-16,18-20,23-24,33,36,38-40H,17,21-22H2,1-7H3,(H,37,41)/t23-,24-,33+/m1/s1. The molecule has 0 saturated heterocycles. The molecule has 0 spiro atoms. The molecule has 4 rings (SSSR count). The maximum atomic E-state index is 13.0. The lowest BCUT2D eigenvalue weighted by Gasteiger charge is -2.40. The largest absolute Gasteiger partial charge is 0.508 e. The van der Waals surface area contributed by atoms with Gasteiger partial charge in [-0.2, -0.15) is 0 Å². The van der Waals surface area contributed by atoms with Crippen LogP contribution in [0.2, 0.25) is 18.1 Å². The number of hydrogen-bond donors (Lipinski definition) is 5. The second-order valence-corrected chi connectivity index (χ2v) is 17.9. The Morgan fingerprint density at radius 3 is 2.37 bits per heavy atom. The Bertz CT molecular complexity index is 1530. The van der Waals surface area contributed by atoms with Crippen molar-refractivity contribution in [3.63, 3.8) is 0 Å². The molecular formula is C35H47N3O4Si. The van der Waals surface area contributed by atoms with E-state index in [1.54, 1.807) is 6.07 Å². The van der Waals surface area contributed by atoms with Crippen LogP contribution in [-0.4, -0.2) is 42.0 Å². The fourth-order valence-electron chi connectivity index (χ4n) is 4.96. The molecule has 0 bridgehead atoms. The zero-order valence-corrected chi connectivity index (χ0v) is 27.5. The third-order valence-electron chi connectivity index (χ3n) is 8.66. The van der Waals surface area contributed by atoms with Gasteiger partial charge >= 0.3 is 0 Å². The van der Waals surface area contributed by atoms with E-state index in [9.17, 15) is 15.0 Å². The molecule has 5 N–H and O–H groups in total. The minimum absolute atomic E-state index is 0.0366. The van der Waals surface area contributed by atoms with Crippen molar-refractivity contribution >= 4 is 25.1 Å². The predicted octanol–water partition coefficient (Wildman–Crippen LogP) is 7.14. The number of carbonyl (C=O) groups excluding carboxylic acids is 1. The molecule has 0 fully saturated rings. The lowest BCUT2D eigenvalue weighted by Crippen LogP contribution is -2.44. The van der Waals surface area contributed by atoms with E-state index >= 15 is 0 Å². The first-order valence-corrected chi connectivity index (χ1v) is 18.0. The van der Waals surface area contributed by atoms with Crippen molar-refractivity contribution in [2.75, 3.05) is 6.54 Å². The highest BCUT2D eigenvalue weighted by Gasteiger charge is 2.39. The van der Waals surface area contributed by atoms with Crippen molar-refractivity contribution in [2.24, 2.45) is 0 Å². The Kier molecular flexibility index (Phi) is 10.2. The van der Waals surface area contributed by atoms with Crippen molar-refractivity contribution < 1.29 is 19.4 Å². The summed E-state index contributed by atoms with van der Waals surface area (Å²) in [6, 6.07) is 23.5. The molecule has 43 heavy (non-hydrogen) atoms. The number of aliphatic hydroxyl groups excluding tert-OH is 1. The minimum Gasteiger partial charge on any atom is -0.508 e. The molecule has 1 aromatic heterocycles. The van der Waals surface area contributed by atoms with Gasteiger partial charge in [0.2, 0.25) is 0 Å². The molecule has 8 heteroatoms. The maximum absolute atomic E-state index is 13.0. The van der Waals surface area contributed by atoms with Crippen LogP contribution in [0.5, 0.6) is 5.75 Å². The highest BCUT2D eigenvalue weighted by Crippen LogP contribution is 2.40. The Morgan fingerprint density at radius 1 is 0.977 bits per heavy atom. The maximum Gasteiger partial charge on any atom is 0.268 e. The zero-order chi connectivity index (χ0) is 31.4. The highest BCUT2D eigenvalue weighted by atomic mass is 28.4. The van der Waals surface area contributed by atoms with Gasteiger partial charge in [0.25, 0.3) is 5.91 Å². The summed E-state index contributed by atoms with van der Waals surface area (Å²) in [7, 11) is -2.11. The van der Waals surface area contributed by atoms with Crippen molar-refractivity contribution in [2.45, 2.75) is 84.0 Å². The fraction of sp³-hybridized carbons (Fsp3) is 0.400. The summed E-state index contributed by atoms with van der Waals surface area (Å²) in [5.74, 6) is -0.0411. The van der Waals surface area contributed by atoms with Crippen molar-refractivity contribution in [1.82, 2.24) is 15.6 Å². The van der Waals surface area contributed by atoms with Crippen LogP contribution in [-0.2, 0) is 17.5 Å². The molecule has 0 radical (unpaired) electrons. The number of aromatic hydroxyl groups is 1. The number of aromatic nitrogens is 1. The van der Waals surface area contributed by atoms with Crippen LogP contribution in [0.4, 0.5) is 0 Å². The Labute approximate surface area is 256 Å². The Morgan fingerprint density at radius 2 is 1.70 bits per heavy atom. The number of amides is 1. The number of fused-ring (bicyclic) bond motifs is 1. The molecule has 3 aromatic carbocycles. The van der Waals surface area contributed by atoms with Crippen molar-refractivity contribution in [1.29, 1.82) is 0 Å². The van der Waals surface area contributed by atoms with Gasteiger partial charge in [0.1, 0.15) is 11.4 Å². The summed E-state index contributed by atoms with van der Waals surface area (Å²) in [6.45, 7) is 15.6. The molecule has 1 amide bonds. The normalized spacial score (nSPS) is 14.4. The lowest BCUT2D eigenvalue weighted by atomic mass is 10.0. The van der Waals surface area contributed by atoms with Gasteiger partial charge < -0.3 is 30.3 Å². The van der Waals surface area contributed by atoms with Crippen molar-refractivity contribution in [3.8, 4) is 5.75 Å². The first kappa shape index (κ1) is 32.5. The van der Waals surface area contributed by atoms with Crippen LogP contribution in [0.1, 0.15) is 79.5 Å². The second-order valence-electron chi connectivity index (χ2n) is 13.1. The molecule has 0 saturated carbocycles. The van der Waals surface area contributed by atoms with Crippen LogP contribution < -0.4 is 10.6 Å². The minimum atomic E-state index is -2.11. The number of hydrogen-bond acceptors (Lipinski definition) is 5. The summed E-state index contributed by atoms with van der Waals surface area (Å²) in [4.78, 5) is 16.2. The Hall–Kier alpha value is -3.43. The molecule has 0 aliphatic rings. The van der Waals surface area contributed by atoms with Gasteiger partial charge in [0, 0.05) is 29.1 Å². The van der Waals surface area contributed by atoms with Gasteiger partial charge in [-0.15, -0.1) is 0 Å². The summed E-state index contributed by atoms with van der Waals surface area (Å²) in [6.07, 6.45) is 0.582. The van der Waals surface area contributed by atoms with Gasteiger partial charge in [-0.25, -0.2) is 0 Å². The first-order valence-electron chi connectivity index (χ1n) is 15.1. The average Bonchev–Trinajstić information content (AvgIpc) is 3.39. The summed E-state index contributed by atoms with van der Waals surface area (Å²) >= 11 is 0. The molecule has 0 aliphatic heterocycles. The molecule has 7 nitrogen and oxygen atoms in total. The molecule has 0 unspecified atom stereocenters. The summed E-state index contributed by atoms with van der Waals surface area (Å²) in [5.41, 5.74) is 5.14. The van der Waals surface area contributed by atoms with Crippen LogP contribution in [0.15, 0.2) is 72.8 Å². The molecule has 3 atom stereocenters. The smallest absolute Gasteiger partial charge is 0.268 e. The number of rotatable bonds is 12. The topological polar surface area (TPSA) is 107 Å².